The Morgan fingerprint density at radius 3 is 2.62 bits per heavy atom. The molecule has 0 saturated heterocycles. The monoisotopic (exact) mass is 310 g/mol. The number of nitrogens with zero attached hydrogens (tertiary/aromatic N) is 2. The van der Waals surface area contributed by atoms with Gasteiger partial charge in [0.05, 0.1) is 17.1 Å². The number of nitrogens with one attached hydrogen (secondary N) is 2. The summed E-state index contributed by atoms with van der Waals surface area (Å²) in [5, 5.41) is 16.8. The van der Waals surface area contributed by atoms with Crippen LogP contribution in [0.4, 0.5) is 27.4 Å². The van der Waals surface area contributed by atoms with E-state index in [0.29, 0.717) is 18.1 Å². The lowest BCUT2D eigenvalue weighted by Gasteiger charge is -2.09. The molecule has 0 atom stereocenters. The molecule has 6 nitrogen and oxygen atoms in total. The maximum absolute atomic E-state index is 13.3. The van der Waals surface area contributed by atoms with Crippen LogP contribution in [0.25, 0.3) is 0 Å². The number of benzene rings is 1. The van der Waals surface area contributed by atoms with Crippen LogP contribution in [-0.2, 0) is 0 Å². The Balaban J connectivity index is 2.35. The fraction of sp³-hybridized carbons (Fsp3) is 0.154. The minimum absolute atomic E-state index is 0.119. The second-order valence-corrected chi connectivity index (χ2v) is 4.60. The molecule has 0 aliphatic carbocycles. The van der Waals surface area contributed by atoms with E-state index < -0.39 is 10.7 Å². The Labute approximate surface area is 125 Å². The van der Waals surface area contributed by atoms with E-state index in [9.17, 15) is 14.5 Å². The fourth-order valence-electron chi connectivity index (χ4n) is 1.73. The number of nitro groups is 1. The lowest BCUT2D eigenvalue weighted by molar-refractivity contribution is -0.384. The van der Waals surface area contributed by atoms with E-state index in [1.807, 2.05) is 6.92 Å². The minimum Gasteiger partial charge on any atom is -0.370 e. The van der Waals surface area contributed by atoms with Crippen LogP contribution in [-0.4, -0.2) is 16.5 Å². The van der Waals surface area contributed by atoms with E-state index in [0.717, 1.165) is 6.07 Å². The largest absolute Gasteiger partial charge is 0.370 e. The number of pyridine rings is 1. The van der Waals surface area contributed by atoms with Gasteiger partial charge in [-0.1, -0.05) is 11.6 Å². The van der Waals surface area contributed by atoms with Crippen LogP contribution in [0.3, 0.4) is 0 Å². The highest BCUT2D eigenvalue weighted by Gasteiger charge is 2.11. The van der Waals surface area contributed by atoms with E-state index in [4.69, 9.17) is 11.6 Å². The summed E-state index contributed by atoms with van der Waals surface area (Å²) in [4.78, 5) is 14.6. The van der Waals surface area contributed by atoms with E-state index in [2.05, 4.69) is 15.6 Å². The number of halogens is 2. The van der Waals surface area contributed by atoms with Crippen LogP contribution in [0, 0.1) is 15.9 Å². The van der Waals surface area contributed by atoms with Crippen LogP contribution < -0.4 is 10.6 Å². The first-order chi connectivity index (χ1) is 9.97. The Hall–Kier alpha value is -2.41. The molecule has 2 aromatic rings. The first-order valence-corrected chi connectivity index (χ1v) is 6.49. The topological polar surface area (TPSA) is 80.1 Å². The van der Waals surface area contributed by atoms with Gasteiger partial charge in [0.1, 0.15) is 17.5 Å². The highest BCUT2D eigenvalue weighted by Crippen LogP contribution is 2.25. The summed E-state index contributed by atoms with van der Waals surface area (Å²) in [5.74, 6) is 0.0702. The molecule has 0 fully saturated rings. The molecule has 0 amide bonds. The summed E-state index contributed by atoms with van der Waals surface area (Å²) in [7, 11) is 0. The number of anilines is 3. The molecule has 1 heterocycles. The van der Waals surface area contributed by atoms with Gasteiger partial charge in [-0.3, -0.25) is 10.1 Å². The molecule has 1 aromatic heterocycles. The molecule has 2 rings (SSSR count). The van der Waals surface area contributed by atoms with E-state index in [1.54, 1.807) is 0 Å². The van der Waals surface area contributed by atoms with Gasteiger partial charge in [0.25, 0.3) is 5.69 Å². The van der Waals surface area contributed by atoms with Crippen molar-refractivity contribution in [2.24, 2.45) is 0 Å². The lowest BCUT2D eigenvalue weighted by Crippen LogP contribution is -2.03. The van der Waals surface area contributed by atoms with Crippen molar-refractivity contribution in [3.05, 3.63) is 51.3 Å². The summed E-state index contributed by atoms with van der Waals surface area (Å²) in [6, 6.07) is 6.47. The van der Waals surface area contributed by atoms with Crippen molar-refractivity contribution in [3.63, 3.8) is 0 Å². The summed E-state index contributed by atoms with van der Waals surface area (Å²) in [5.41, 5.74) is 0.237. The Morgan fingerprint density at radius 2 is 2.00 bits per heavy atom. The quantitative estimate of drug-likeness (QED) is 0.645. The van der Waals surface area contributed by atoms with Crippen LogP contribution >= 0.6 is 11.6 Å². The van der Waals surface area contributed by atoms with Gasteiger partial charge in [-0.15, -0.1) is 0 Å². The fourth-order valence-corrected chi connectivity index (χ4v) is 1.95. The second-order valence-electron chi connectivity index (χ2n) is 4.17. The molecular formula is C13H12ClFN4O2. The summed E-state index contributed by atoms with van der Waals surface area (Å²) in [6.45, 7) is 2.42. The van der Waals surface area contributed by atoms with Gasteiger partial charge in [-0.2, -0.15) is 0 Å². The third kappa shape index (κ3) is 4.03. The zero-order chi connectivity index (χ0) is 15.4. The SMILES string of the molecule is CCNc1cc([N+](=O)[O-])cc(Nc2cc(F)cc(Cl)c2)n1. The maximum atomic E-state index is 13.3. The molecule has 1 aromatic carbocycles. The van der Waals surface area contributed by atoms with Gasteiger partial charge in [-0.25, -0.2) is 9.37 Å². The molecule has 0 radical (unpaired) electrons. The van der Waals surface area contributed by atoms with E-state index in [1.165, 1.54) is 24.3 Å². The van der Waals surface area contributed by atoms with E-state index >= 15 is 0 Å². The second kappa shape index (κ2) is 6.36. The molecule has 0 spiro atoms. The number of aromatic nitrogens is 1. The zero-order valence-corrected chi connectivity index (χ0v) is 11.8. The minimum atomic E-state index is -0.522. The third-order valence-electron chi connectivity index (χ3n) is 2.51. The predicted octanol–water partition coefficient (Wildman–Crippen LogP) is 3.96. The smallest absolute Gasteiger partial charge is 0.276 e. The van der Waals surface area contributed by atoms with Crippen molar-refractivity contribution < 1.29 is 9.31 Å². The molecule has 8 heteroatoms. The molecule has 0 unspecified atom stereocenters. The molecule has 110 valence electrons. The molecule has 0 aliphatic heterocycles. The van der Waals surface area contributed by atoms with Gasteiger partial charge in [0.15, 0.2) is 0 Å². The van der Waals surface area contributed by atoms with Crippen LogP contribution in [0.1, 0.15) is 6.92 Å². The number of rotatable bonds is 5. The number of hydrogen-bond donors (Lipinski definition) is 2. The lowest BCUT2D eigenvalue weighted by atomic mass is 10.3. The average Bonchev–Trinajstić information content (AvgIpc) is 2.37. The zero-order valence-electron chi connectivity index (χ0n) is 11.1. The molecule has 0 aliphatic rings. The third-order valence-corrected chi connectivity index (χ3v) is 2.73. The van der Waals surface area contributed by atoms with Crippen molar-refractivity contribution in [1.82, 2.24) is 4.98 Å². The molecule has 21 heavy (non-hydrogen) atoms. The standard InChI is InChI=1S/C13H12ClFN4O2/c1-2-16-12-6-11(19(20)21)7-13(18-12)17-10-4-8(14)3-9(15)5-10/h3-7H,2H2,1H3,(H2,16,17,18). The predicted molar refractivity (Wildman–Crippen MR) is 79.7 cm³/mol. The molecule has 0 saturated carbocycles. The van der Waals surface area contributed by atoms with Gasteiger partial charge in [0, 0.05) is 17.3 Å². The van der Waals surface area contributed by atoms with Crippen molar-refractivity contribution in [3.8, 4) is 0 Å². The van der Waals surface area contributed by atoms with Gasteiger partial charge < -0.3 is 10.6 Å². The van der Waals surface area contributed by atoms with Crippen molar-refractivity contribution in [2.75, 3.05) is 17.2 Å². The highest BCUT2D eigenvalue weighted by molar-refractivity contribution is 6.30. The average molecular weight is 311 g/mol. The first kappa shape index (κ1) is 15.0. The highest BCUT2D eigenvalue weighted by atomic mass is 35.5. The first-order valence-electron chi connectivity index (χ1n) is 6.11. The van der Waals surface area contributed by atoms with Gasteiger partial charge in [0.2, 0.25) is 0 Å². The molecular weight excluding hydrogens is 299 g/mol. The molecule has 2 N–H and O–H groups in total. The van der Waals surface area contributed by atoms with Crippen molar-refractivity contribution in [1.29, 1.82) is 0 Å². The van der Waals surface area contributed by atoms with Gasteiger partial charge >= 0.3 is 0 Å². The Bertz CT molecular complexity index is 661. The van der Waals surface area contributed by atoms with Crippen LogP contribution in [0.5, 0.6) is 0 Å². The Kier molecular flexibility index (Phi) is 4.54. The maximum Gasteiger partial charge on any atom is 0.276 e. The van der Waals surface area contributed by atoms with Crippen molar-refractivity contribution >= 4 is 34.6 Å². The van der Waals surface area contributed by atoms with Crippen LogP contribution in [0.2, 0.25) is 5.02 Å². The Morgan fingerprint density at radius 1 is 1.29 bits per heavy atom. The summed E-state index contributed by atoms with van der Waals surface area (Å²) < 4.78 is 13.3. The van der Waals surface area contributed by atoms with Gasteiger partial charge in [-0.05, 0) is 25.1 Å². The summed E-state index contributed by atoms with van der Waals surface area (Å²) in [6.07, 6.45) is 0. The van der Waals surface area contributed by atoms with Crippen molar-refractivity contribution in [2.45, 2.75) is 6.92 Å². The normalized spacial score (nSPS) is 10.2. The van der Waals surface area contributed by atoms with Crippen LogP contribution in [0.15, 0.2) is 30.3 Å². The number of hydrogen-bond acceptors (Lipinski definition) is 5. The molecule has 0 bridgehead atoms. The van der Waals surface area contributed by atoms with E-state index in [-0.39, 0.29) is 16.5 Å². The summed E-state index contributed by atoms with van der Waals surface area (Å²) >= 11 is 5.76.